The maximum atomic E-state index is 13.6. The minimum Gasteiger partial charge on any atom is -0.370 e. The Hall–Kier alpha value is -1.97. The van der Waals surface area contributed by atoms with E-state index >= 15 is 0 Å². The summed E-state index contributed by atoms with van der Waals surface area (Å²) in [4.78, 5) is 19.2. The largest absolute Gasteiger partial charge is 0.370 e. The number of hydrogen-bond acceptors (Lipinski definition) is 6. The van der Waals surface area contributed by atoms with Crippen molar-refractivity contribution in [2.75, 3.05) is 55.1 Å². The molecule has 1 atom stereocenters. The van der Waals surface area contributed by atoms with E-state index in [9.17, 15) is 9.18 Å². The molecule has 4 rings (SSSR count). The molecule has 1 unspecified atom stereocenters. The number of aromatic nitrogens is 2. The maximum Gasteiger partial charge on any atom is 0.344 e. The molecule has 2 aromatic rings. The summed E-state index contributed by atoms with van der Waals surface area (Å²) in [5, 5.41) is 4.99. The molecule has 34 heavy (non-hydrogen) atoms. The van der Waals surface area contributed by atoms with Crippen molar-refractivity contribution in [3.63, 3.8) is 0 Å². The minimum absolute atomic E-state index is 0.100. The summed E-state index contributed by atoms with van der Waals surface area (Å²) in [6.45, 7) is 10.5. The number of halogens is 2. The van der Waals surface area contributed by atoms with Crippen molar-refractivity contribution in [1.29, 1.82) is 0 Å². The first-order chi connectivity index (χ1) is 16.5. The topological polar surface area (TPSA) is 56.6 Å². The van der Waals surface area contributed by atoms with Gasteiger partial charge in [-0.05, 0) is 37.5 Å². The summed E-state index contributed by atoms with van der Waals surface area (Å²) in [5.74, 6) is 0.674. The van der Waals surface area contributed by atoms with Crippen LogP contribution in [0.1, 0.15) is 45.2 Å². The van der Waals surface area contributed by atoms with Crippen molar-refractivity contribution in [1.82, 2.24) is 19.6 Å². The van der Waals surface area contributed by atoms with Crippen LogP contribution in [0.25, 0.3) is 0 Å². The molecule has 1 aromatic heterocycles. The SMILES string of the molecule is CC.CSNc1ccn(C(=O)N2CCN(C(C)c3ccc(Cl)c(N4CCC(F)CC4)c3)CC2)n1. The van der Waals surface area contributed by atoms with E-state index < -0.39 is 6.17 Å². The molecule has 3 heterocycles. The van der Waals surface area contributed by atoms with E-state index in [1.807, 2.05) is 31.1 Å². The first kappa shape index (κ1) is 26.6. The lowest BCUT2D eigenvalue weighted by Crippen LogP contribution is -2.50. The fourth-order valence-corrected chi connectivity index (χ4v) is 4.92. The molecule has 7 nitrogen and oxygen atoms in total. The van der Waals surface area contributed by atoms with E-state index in [1.165, 1.54) is 22.2 Å². The number of nitrogens with zero attached hydrogens (tertiary/aromatic N) is 5. The van der Waals surface area contributed by atoms with Gasteiger partial charge < -0.3 is 14.5 Å². The fraction of sp³-hybridized carbons (Fsp3) is 0.583. The second kappa shape index (κ2) is 12.7. The zero-order valence-corrected chi connectivity index (χ0v) is 22.1. The van der Waals surface area contributed by atoms with Gasteiger partial charge in [0, 0.05) is 63.8 Å². The lowest BCUT2D eigenvalue weighted by Gasteiger charge is -2.38. The number of rotatable bonds is 5. The van der Waals surface area contributed by atoms with Gasteiger partial charge in [-0.3, -0.25) is 4.90 Å². The number of nitrogens with one attached hydrogen (secondary N) is 1. The number of piperidine rings is 1. The van der Waals surface area contributed by atoms with Crippen LogP contribution in [0.3, 0.4) is 0 Å². The highest BCUT2D eigenvalue weighted by molar-refractivity contribution is 7.99. The normalized spacial score (nSPS) is 18.3. The predicted molar refractivity (Wildman–Crippen MR) is 141 cm³/mol. The Morgan fingerprint density at radius 3 is 2.47 bits per heavy atom. The van der Waals surface area contributed by atoms with E-state index in [2.05, 4.69) is 38.7 Å². The second-order valence-electron chi connectivity index (χ2n) is 8.31. The number of alkyl halides is 1. The molecule has 1 amide bonds. The summed E-state index contributed by atoms with van der Waals surface area (Å²) in [5.41, 5.74) is 2.18. The van der Waals surface area contributed by atoms with E-state index in [-0.39, 0.29) is 12.1 Å². The van der Waals surface area contributed by atoms with Crippen LogP contribution < -0.4 is 9.62 Å². The average Bonchev–Trinajstić information content (AvgIpc) is 3.34. The van der Waals surface area contributed by atoms with Gasteiger partial charge in [0.15, 0.2) is 5.82 Å². The van der Waals surface area contributed by atoms with Gasteiger partial charge in [0.05, 0.1) is 10.7 Å². The molecule has 0 saturated carbocycles. The summed E-state index contributed by atoms with van der Waals surface area (Å²) in [6.07, 6.45) is 4.00. The van der Waals surface area contributed by atoms with Gasteiger partial charge in [-0.15, -0.1) is 5.10 Å². The predicted octanol–water partition coefficient (Wildman–Crippen LogP) is 5.54. The second-order valence-corrected chi connectivity index (χ2v) is 9.33. The quantitative estimate of drug-likeness (QED) is 0.533. The number of carbonyl (C=O) groups is 1. The highest BCUT2D eigenvalue weighted by atomic mass is 35.5. The molecule has 2 fully saturated rings. The minimum atomic E-state index is -0.707. The average molecular weight is 511 g/mol. The number of hydrogen-bond donors (Lipinski definition) is 1. The summed E-state index contributed by atoms with van der Waals surface area (Å²) in [7, 11) is 0. The Morgan fingerprint density at radius 1 is 1.15 bits per heavy atom. The number of piperazine rings is 1. The molecule has 1 aromatic carbocycles. The van der Waals surface area contributed by atoms with Crippen molar-refractivity contribution < 1.29 is 9.18 Å². The summed E-state index contributed by atoms with van der Waals surface area (Å²) >= 11 is 7.93. The number of anilines is 2. The van der Waals surface area contributed by atoms with Crippen LogP contribution in [0.15, 0.2) is 30.5 Å². The van der Waals surface area contributed by atoms with Crippen LogP contribution in [0.2, 0.25) is 5.02 Å². The van der Waals surface area contributed by atoms with E-state index in [0.29, 0.717) is 49.9 Å². The summed E-state index contributed by atoms with van der Waals surface area (Å²) < 4.78 is 18.0. The Morgan fingerprint density at radius 2 is 1.82 bits per heavy atom. The third kappa shape index (κ3) is 6.37. The third-order valence-electron chi connectivity index (χ3n) is 6.34. The molecule has 0 aliphatic carbocycles. The smallest absolute Gasteiger partial charge is 0.344 e. The molecule has 0 spiro atoms. The number of carbonyl (C=O) groups excluding carboxylic acids is 1. The number of benzene rings is 1. The van der Waals surface area contributed by atoms with Gasteiger partial charge in [-0.1, -0.05) is 43.5 Å². The monoisotopic (exact) mass is 510 g/mol. The lowest BCUT2D eigenvalue weighted by atomic mass is 10.0. The molecular weight excluding hydrogens is 475 g/mol. The van der Waals surface area contributed by atoms with Crippen LogP contribution >= 0.6 is 23.5 Å². The van der Waals surface area contributed by atoms with E-state index in [1.54, 1.807) is 12.3 Å². The first-order valence-corrected chi connectivity index (χ1v) is 13.6. The van der Waals surface area contributed by atoms with Crippen molar-refractivity contribution in [3.8, 4) is 0 Å². The van der Waals surface area contributed by atoms with Crippen LogP contribution in [0.4, 0.5) is 20.7 Å². The van der Waals surface area contributed by atoms with Gasteiger partial charge >= 0.3 is 6.03 Å². The molecular formula is C24H36ClFN6OS. The fourth-order valence-electron chi connectivity index (χ4n) is 4.37. The van der Waals surface area contributed by atoms with Gasteiger partial charge in [0.1, 0.15) is 6.17 Å². The Labute approximate surface area is 211 Å². The Kier molecular flexibility index (Phi) is 9.91. The highest BCUT2D eigenvalue weighted by Gasteiger charge is 2.27. The van der Waals surface area contributed by atoms with Gasteiger partial charge in [0.25, 0.3) is 0 Å². The van der Waals surface area contributed by atoms with E-state index in [0.717, 1.165) is 18.8 Å². The first-order valence-electron chi connectivity index (χ1n) is 12.0. The molecule has 188 valence electrons. The Balaban J connectivity index is 0.00000158. The molecule has 2 aliphatic rings. The summed E-state index contributed by atoms with van der Waals surface area (Å²) in [6, 6.07) is 8.05. The lowest BCUT2D eigenvalue weighted by molar-refractivity contribution is 0.113. The van der Waals surface area contributed by atoms with E-state index in [4.69, 9.17) is 11.6 Å². The van der Waals surface area contributed by atoms with Gasteiger partial charge in [0.2, 0.25) is 0 Å². The van der Waals surface area contributed by atoms with Crippen molar-refractivity contribution in [2.24, 2.45) is 0 Å². The van der Waals surface area contributed by atoms with Crippen LogP contribution in [-0.4, -0.2) is 77.3 Å². The van der Waals surface area contributed by atoms with Crippen LogP contribution in [0, 0.1) is 0 Å². The molecule has 0 bridgehead atoms. The third-order valence-corrected chi connectivity index (χ3v) is 7.07. The van der Waals surface area contributed by atoms with Gasteiger partial charge in [-0.25, -0.2) is 9.18 Å². The van der Waals surface area contributed by atoms with Crippen LogP contribution in [-0.2, 0) is 0 Å². The Bertz CT molecular complexity index is 928. The molecule has 2 saturated heterocycles. The zero-order chi connectivity index (χ0) is 24.7. The molecule has 10 heteroatoms. The molecule has 2 aliphatic heterocycles. The maximum absolute atomic E-state index is 13.6. The molecule has 0 radical (unpaired) electrons. The zero-order valence-electron chi connectivity index (χ0n) is 20.5. The standard InChI is InChI=1S/C22H30ClFN6OS.C2H6/c1-16(17-3-4-19(23)20(15-17)28-8-5-18(24)6-9-28)27-11-13-29(14-12-27)22(31)30-10-7-21(25-30)26-32-2;1-2/h3-4,7,10,15-16,18H,5-6,8-9,11-14H2,1-2H3,(H,25,26);1-2H3. The highest BCUT2D eigenvalue weighted by Crippen LogP contribution is 2.33. The van der Waals surface area contributed by atoms with Gasteiger partial charge in [-0.2, -0.15) is 4.68 Å². The number of amides is 1. The van der Waals surface area contributed by atoms with Crippen molar-refractivity contribution in [2.45, 2.75) is 45.8 Å². The van der Waals surface area contributed by atoms with Crippen molar-refractivity contribution in [3.05, 3.63) is 41.0 Å². The molecule has 1 N–H and O–H groups in total. The van der Waals surface area contributed by atoms with Crippen molar-refractivity contribution >= 4 is 41.1 Å². The van der Waals surface area contributed by atoms with Crippen LogP contribution in [0.5, 0.6) is 0 Å².